The molecule has 1 amide bonds. The second-order valence-corrected chi connectivity index (χ2v) is 7.99. The van der Waals surface area contributed by atoms with Gasteiger partial charge in [0.25, 0.3) is 5.91 Å². The summed E-state index contributed by atoms with van der Waals surface area (Å²) in [5, 5.41) is 4.20. The second kappa shape index (κ2) is 8.05. The lowest BCUT2D eigenvalue weighted by atomic mass is 10.1. The molecule has 0 radical (unpaired) electrons. The highest BCUT2D eigenvalue weighted by molar-refractivity contribution is 7.80. The van der Waals surface area contributed by atoms with Gasteiger partial charge >= 0.3 is 0 Å². The van der Waals surface area contributed by atoms with E-state index < -0.39 is 0 Å². The minimum atomic E-state index is -0.0668. The Morgan fingerprint density at radius 3 is 2.69 bits per heavy atom. The van der Waals surface area contributed by atoms with Crippen LogP contribution in [0.3, 0.4) is 0 Å². The normalized spacial score (nSPS) is 17.6. The van der Waals surface area contributed by atoms with Gasteiger partial charge in [-0.15, -0.1) is 0 Å². The molecular formula is C22H21ClN2O3S. The van der Waals surface area contributed by atoms with E-state index >= 15 is 0 Å². The predicted molar refractivity (Wildman–Crippen MR) is 117 cm³/mol. The number of nitrogens with zero attached hydrogens (tertiary/aromatic N) is 1. The van der Waals surface area contributed by atoms with Crippen LogP contribution in [-0.4, -0.2) is 29.1 Å². The predicted octanol–water partition coefficient (Wildman–Crippen LogP) is 4.46. The monoisotopic (exact) mass is 428 g/mol. The molecule has 1 N–H and O–H groups in total. The van der Waals surface area contributed by atoms with Crippen LogP contribution in [0.2, 0.25) is 5.02 Å². The summed E-state index contributed by atoms with van der Waals surface area (Å²) in [5.41, 5.74) is 3.20. The summed E-state index contributed by atoms with van der Waals surface area (Å²) in [4.78, 5) is 14.3. The highest BCUT2D eigenvalue weighted by Crippen LogP contribution is 2.31. The van der Waals surface area contributed by atoms with Gasteiger partial charge in [-0.3, -0.25) is 9.69 Å². The third-order valence-electron chi connectivity index (χ3n) is 4.96. The van der Waals surface area contributed by atoms with Gasteiger partial charge in [0.1, 0.15) is 23.8 Å². The lowest BCUT2D eigenvalue weighted by Gasteiger charge is -2.13. The van der Waals surface area contributed by atoms with E-state index in [0.717, 1.165) is 41.0 Å². The van der Waals surface area contributed by atoms with E-state index in [1.54, 1.807) is 18.1 Å². The molecule has 7 heteroatoms. The van der Waals surface area contributed by atoms with Crippen LogP contribution >= 0.6 is 23.8 Å². The van der Waals surface area contributed by atoms with Crippen molar-refractivity contribution in [2.24, 2.45) is 0 Å². The number of thiocarbonyl (C=S) groups is 1. The minimum absolute atomic E-state index is 0.0668. The maximum Gasteiger partial charge on any atom is 0.276 e. The van der Waals surface area contributed by atoms with Crippen molar-refractivity contribution in [2.45, 2.75) is 32.4 Å². The molecule has 0 unspecified atom stereocenters. The number of halogens is 1. The third kappa shape index (κ3) is 4.23. The molecule has 2 aromatic carbocycles. The molecule has 1 aliphatic carbocycles. The number of aryl methyl sites for hydroxylation is 1. The average Bonchev–Trinajstić information content (AvgIpc) is 3.47. The Kier molecular flexibility index (Phi) is 5.48. The topological polar surface area (TPSA) is 50.8 Å². The highest BCUT2D eigenvalue weighted by atomic mass is 35.5. The third-order valence-corrected chi connectivity index (χ3v) is 5.49. The molecule has 1 heterocycles. The number of hydrogen-bond acceptors (Lipinski definition) is 4. The van der Waals surface area contributed by atoms with Gasteiger partial charge < -0.3 is 14.8 Å². The van der Waals surface area contributed by atoms with Gasteiger partial charge in [-0.05, 0) is 79.5 Å². The van der Waals surface area contributed by atoms with Crippen LogP contribution in [0.1, 0.15) is 29.5 Å². The van der Waals surface area contributed by atoms with E-state index in [1.807, 2.05) is 43.3 Å². The summed E-state index contributed by atoms with van der Waals surface area (Å²) in [6.07, 6.45) is 3.83. The molecule has 5 nitrogen and oxygen atoms in total. The van der Waals surface area contributed by atoms with Crippen LogP contribution in [0.15, 0.2) is 42.1 Å². The van der Waals surface area contributed by atoms with Crippen LogP contribution in [0, 0.1) is 6.92 Å². The smallest absolute Gasteiger partial charge is 0.276 e. The van der Waals surface area contributed by atoms with Crippen molar-refractivity contribution in [3.05, 3.63) is 63.8 Å². The Bertz CT molecular complexity index is 1020. The van der Waals surface area contributed by atoms with Crippen molar-refractivity contribution in [1.29, 1.82) is 0 Å². The number of carbonyl (C=O) groups excluding carboxylic acids is 1. The fourth-order valence-electron chi connectivity index (χ4n) is 3.31. The number of amides is 1. The van der Waals surface area contributed by atoms with Gasteiger partial charge in [0.05, 0.1) is 7.11 Å². The van der Waals surface area contributed by atoms with E-state index in [1.165, 1.54) is 0 Å². The second-order valence-electron chi connectivity index (χ2n) is 7.16. The lowest BCUT2D eigenvalue weighted by Crippen LogP contribution is -2.32. The molecular weight excluding hydrogens is 408 g/mol. The van der Waals surface area contributed by atoms with E-state index in [-0.39, 0.29) is 11.9 Å². The lowest BCUT2D eigenvalue weighted by molar-refractivity contribution is -0.122. The van der Waals surface area contributed by atoms with Crippen LogP contribution in [-0.2, 0) is 11.4 Å². The SMILES string of the molecule is COc1ccc(/C=C2/NC(=S)N(C3CC3)C2=O)cc1COc1ccc(Cl)cc1C. The number of methoxy groups -OCH3 is 1. The summed E-state index contributed by atoms with van der Waals surface area (Å²) in [6, 6.07) is 11.5. The minimum Gasteiger partial charge on any atom is -0.496 e. The van der Waals surface area contributed by atoms with Crippen LogP contribution < -0.4 is 14.8 Å². The summed E-state index contributed by atoms with van der Waals surface area (Å²) >= 11 is 11.3. The first kappa shape index (κ1) is 19.7. The zero-order valence-corrected chi connectivity index (χ0v) is 17.8. The summed E-state index contributed by atoms with van der Waals surface area (Å²) in [7, 11) is 1.62. The van der Waals surface area contributed by atoms with Gasteiger partial charge in [0.2, 0.25) is 0 Å². The first-order chi connectivity index (χ1) is 14.0. The maximum atomic E-state index is 12.6. The van der Waals surface area contributed by atoms with Gasteiger partial charge in [-0.2, -0.15) is 0 Å². The van der Waals surface area contributed by atoms with Crippen molar-refractivity contribution in [1.82, 2.24) is 10.2 Å². The molecule has 0 bridgehead atoms. The van der Waals surface area contributed by atoms with Crippen molar-refractivity contribution < 1.29 is 14.3 Å². The molecule has 0 atom stereocenters. The Hall–Kier alpha value is -2.57. The number of benzene rings is 2. The first-order valence-corrected chi connectivity index (χ1v) is 10.2. The molecule has 29 heavy (non-hydrogen) atoms. The zero-order valence-electron chi connectivity index (χ0n) is 16.2. The Balaban J connectivity index is 1.55. The number of ether oxygens (including phenoxy) is 2. The maximum absolute atomic E-state index is 12.6. The fourth-order valence-corrected chi connectivity index (χ4v) is 3.88. The number of hydrogen-bond donors (Lipinski definition) is 1. The van der Waals surface area contributed by atoms with Crippen LogP contribution in [0.5, 0.6) is 11.5 Å². The summed E-state index contributed by atoms with van der Waals surface area (Å²) < 4.78 is 11.4. The molecule has 0 spiro atoms. The average molecular weight is 429 g/mol. The highest BCUT2D eigenvalue weighted by Gasteiger charge is 2.41. The van der Waals surface area contributed by atoms with E-state index in [2.05, 4.69) is 5.32 Å². The Morgan fingerprint density at radius 1 is 1.24 bits per heavy atom. The first-order valence-electron chi connectivity index (χ1n) is 9.38. The van der Waals surface area contributed by atoms with Gasteiger partial charge in [-0.1, -0.05) is 17.7 Å². The van der Waals surface area contributed by atoms with Gasteiger partial charge in [0, 0.05) is 16.6 Å². The van der Waals surface area contributed by atoms with Gasteiger partial charge in [0.15, 0.2) is 5.11 Å². The Labute approximate surface area is 180 Å². The van der Waals surface area contributed by atoms with Crippen molar-refractivity contribution in [3.63, 3.8) is 0 Å². The van der Waals surface area contributed by atoms with E-state index in [4.69, 9.17) is 33.3 Å². The molecule has 1 aliphatic heterocycles. The molecule has 2 fully saturated rings. The standard InChI is InChI=1S/C22H21ClN2O3S/c1-13-9-16(23)4-8-19(13)28-12-15-10-14(3-7-20(15)27-2)11-18-21(26)25(17-5-6-17)22(29)24-18/h3-4,7-11,17H,5-6,12H2,1-2H3,(H,24,29)/b18-11+. The quantitative estimate of drug-likeness (QED) is 0.544. The van der Waals surface area contributed by atoms with E-state index in [0.29, 0.717) is 22.4 Å². The van der Waals surface area contributed by atoms with Crippen molar-refractivity contribution >= 4 is 40.9 Å². The fraction of sp³-hybridized carbons (Fsp3) is 0.273. The summed E-state index contributed by atoms with van der Waals surface area (Å²) in [6.45, 7) is 2.28. The largest absolute Gasteiger partial charge is 0.496 e. The number of carbonyl (C=O) groups is 1. The zero-order chi connectivity index (χ0) is 20.5. The van der Waals surface area contributed by atoms with Gasteiger partial charge in [-0.25, -0.2) is 0 Å². The summed E-state index contributed by atoms with van der Waals surface area (Å²) in [5.74, 6) is 1.42. The van der Waals surface area contributed by atoms with E-state index in [9.17, 15) is 4.79 Å². The Morgan fingerprint density at radius 2 is 2.00 bits per heavy atom. The molecule has 2 aromatic rings. The molecule has 150 valence electrons. The van der Waals surface area contributed by atoms with Crippen LogP contribution in [0.4, 0.5) is 0 Å². The van der Waals surface area contributed by atoms with Crippen molar-refractivity contribution in [2.75, 3.05) is 7.11 Å². The molecule has 4 rings (SSSR count). The molecule has 1 saturated carbocycles. The molecule has 0 aromatic heterocycles. The molecule has 1 saturated heterocycles. The molecule has 2 aliphatic rings. The number of nitrogens with one attached hydrogen (secondary N) is 1. The number of rotatable bonds is 6. The van der Waals surface area contributed by atoms with Crippen LogP contribution in [0.25, 0.3) is 6.08 Å². The van der Waals surface area contributed by atoms with Crippen molar-refractivity contribution in [3.8, 4) is 11.5 Å².